The van der Waals surface area contributed by atoms with Crippen molar-refractivity contribution in [3.8, 4) is 22.4 Å². The molecule has 1 N–H and O–H groups in total. The molecule has 0 bridgehead atoms. The summed E-state index contributed by atoms with van der Waals surface area (Å²) in [6, 6.07) is 10.9. The van der Waals surface area contributed by atoms with Crippen molar-refractivity contribution in [3.05, 3.63) is 78.0 Å². The van der Waals surface area contributed by atoms with Gasteiger partial charge in [-0.25, -0.2) is 4.39 Å². The van der Waals surface area contributed by atoms with Gasteiger partial charge >= 0.3 is 0 Å². The average molecular weight is 386 g/mol. The first-order valence-corrected chi connectivity index (χ1v) is 10.1. The van der Waals surface area contributed by atoms with E-state index in [0.29, 0.717) is 6.04 Å². The second-order valence-electron chi connectivity index (χ2n) is 7.65. The summed E-state index contributed by atoms with van der Waals surface area (Å²) in [5.41, 5.74) is 7.69. The average Bonchev–Trinajstić information content (AvgIpc) is 3.38. The molecule has 1 aromatic carbocycles. The fourth-order valence-electron chi connectivity index (χ4n) is 4.33. The number of fused-ring (bicyclic) bond motifs is 1. The van der Waals surface area contributed by atoms with Crippen molar-refractivity contribution in [1.29, 1.82) is 0 Å². The predicted molar refractivity (Wildman–Crippen MR) is 114 cm³/mol. The minimum atomic E-state index is -0.242. The summed E-state index contributed by atoms with van der Waals surface area (Å²) in [6.07, 6.45) is 10.4. The number of nitrogens with one attached hydrogen (secondary N) is 1. The lowest BCUT2D eigenvalue weighted by molar-refractivity contribution is 0.299. The van der Waals surface area contributed by atoms with E-state index in [4.69, 9.17) is 5.10 Å². The van der Waals surface area contributed by atoms with Gasteiger partial charge in [0.15, 0.2) is 0 Å². The first-order chi connectivity index (χ1) is 14.2. The zero-order valence-electron chi connectivity index (χ0n) is 16.4. The van der Waals surface area contributed by atoms with Crippen LogP contribution >= 0.6 is 0 Å². The summed E-state index contributed by atoms with van der Waals surface area (Å²) in [7, 11) is 0. The molecule has 0 fully saturated rings. The van der Waals surface area contributed by atoms with Gasteiger partial charge in [0.1, 0.15) is 5.82 Å². The SMILES string of the molecule is CCC1=CC2C=C(c3n[nH]c(-c4ccc(F)cc4)c3-c3ccncc3)CCN2C1. The lowest BCUT2D eigenvalue weighted by Crippen LogP contribution is -2.33. The highest BCUT2D eigenvalue weighted by Gasteiger charge is 2.29. The third-order valence-corrected chi connectivity index (χ3v) is 5.90. The van der Waals surface area contributed by atoms with Crippen molar-refractivity contribution in [1.82, 2.24) is 20.1 Å². The van der Waals surface area contributed by atoms with Crippen LogP contribution in [0.2, 0.25) is 0 Å². The summed E-state index contributed by atoms with van der Waals surface area (Å²) < 4.78 is 13.5. The van der Waals surface area contributed by atoms with E-state index in [0.717, 1.165) is 54.0 Å². The summed E-state index contributed by atoms with van der Waals surface area (Å²) in [6.45, 7) is 4.33. The molecule has 29 heavy (non-hydrogen) atoms. The molecular weight excluding hydrogens is 363 g/mol. The van der Waals surface area contributed by atoms with Gasteiger partial charge in [-0.15, -0.1) is 0 Å². The molecule has 4 nitrogen and oxygen atoms in total. The van der Waals surface area contributed by atoms with Crippen LogP contribution in [0.4, 0.5) is 4.39 Å². The number of hydrogen-bond acceptors (Lipinski definition) is 3. The van der Waals surface area contributed by atoms with Gasteiger partial charge in [0.05, 0.1) is 11.4 Å². The van der Waals surface area contributed by atoms with Gasteiger partial charge in [-0.1, -0.05) is 24.6 Å². The molecule has 1 atom stereocenters. The Labute approximate surface area is 169 Å². The van der Waals surface area contributed by atoms with Crippen LogP contribution in [-0.4, -0.2) is 39.2 Å². The van der Waals surface area contributed by atoms with Gasteiger partial charge in [0.25, 0.3) is 0 Å². The molecule has 4 heterocycles. The third kappa shape index (κ3) is 3.32. The fourth-order valence-corrected chi connectivity index (χ4v) is 4.33. The molecule has 2 aliphatic rings. The van der Waals surface area contributed by atoms with Gasteiger partial charge < -0.3 is 0 Å². The highest BCUT2D eigenvalue weighted by molar-refractivity contribution is 5.89. The minimum Gasteiger partial charge on any atom is -0.289 e. The predicted octanol–water partition coefficient (Wildman–Crippen LogP) is 5.09. The lowest BCUT2D eigenvalue weighted by Gasteiger charge is -2.28. The van der Waals surface area contributed by atoms with Crippen molar-refractivity contribution in [2.24, 2.45) is 0 Å². The van der Waals surface area contributed by atoms with E-state index >= 15 is 0 Å². The lowest BCUT2D eigenvalue weighted by atomic mass is 9.93. The van der Waals surface area contributed by atoms with Gasteiger partial charge in [0, 0.05) is 42.7 Å². The number of aromatic nitrogens is 3. The van der Waals surface area contributed by atoms with Crippen molar-refractivity contribution < 1.29 is 4.39 Å². The number of pyridine rings is 1. The smallest absolute Gasteiger partial charge is 0.123 e. The summed E-state index contributed by atoms with van der Waals surface area (Å²) in [5.74, 6) is -0.242. The van der Waals surface area contributed by atoms with Crippen molar-refractivity contribution in [2.75, 3.05) is 13.1 Å². The van der Waals surface area contributed by atoms with E-state index in [1.54, 1.807) is 24.5 Å². The molecule has 0 saturated heterocycles. The number of halogens is 1. The Morgan fingerprint density at radius 3 is 2.62 bits per heavy atom. The van der Waals surface area contributed by atoms with Gasteiger partial charge in [-0.2, -0.15) is 5.10 Å². The van der Waals surface area contributed by atoms with Crippen molar-refractivity contribution >= 4 is 5.57 Å². The molecular formula is C24H23FN4. The molecule has 0 saturated carbocycles. The monoisotopic (exact) mass is 386 g/mol. The van der Waals surface area contributed by atoms with Crippen molar-refractivity contribution in [2.45, 2.75) is 25.8 Å². The fraction of sp³-hybridized carbons (Fsp3) is 0.250. The Morgan fingerprint density at radius 2 is 1.86 bits per heavy atom. The zero-order chi connectivity index (χ0) is 19.8. The first-order valence-electron chi connectivity index (χ1n) is 10.1. The van der Waals surface area contributed by atoms with Crippen LogP contribution in [0.5, 0.6) is 0 Å². The minimum absolute atomic E-state index is 0.242. The van der Waals surface area contributed by atoms with E-state index in [-0.39, 0.29) is 5.82 Å². The van der Waals surface area contributed by atoms with Crippen LogP contribution in [0.25, 0.3) is 28.0 Å². The van der Waals surface area contributed by atoms with E-state index in [1.165, 1.54) is 23.3 Å². The summed E-state index contributed by atoms with van der Waals surface area (Å²) >= 11 is 0. The maximum atomic E-state index is 13.5. The molecule has 0 spiro atoms. The van der Waals surface area contributed by atoms with Crippen LogP contribution in [0.15, 0.2) is 66.5 Å². The Hall–Kier alpha value is -3.05. The Morgan fingerprint density at radius 1 is 1.07 bits per heavy atom. The summed E-state index contributed by atoms with van der Waals surface area (Å²) in [4.78, 5) is 6.68. The largest absolute Gasteiger partial charge is 0.289 e. The van der Waals surface area contributed by atoms with Gasteiger partial charge in [-0.05, 0) is 60.4 Å². The van der Waals surface area contributed by atoms with Gasteiger partial charge in [0.2, 0.25) is 0 Å². The maximum absolute atomic E-state index is 13.5. The van der Waals surface area contributed by atoms with Crippen LogP contribution in [0, 0.1) is 5.82 Å². The Bertz CT molecular complexity index is 1080. The molecule has 5 rings (SSSR count). The normalized spacial score (nSPS) is 19.0. The van der Waals surface area contributed by atoms with E-state index < -0.39 is 0 Å². The van der Waals surface area contributed by atoms with E-state index in [9.17, 15) is 4.39 Å². The maximum Gasteiger partial charge on any atom is 0.123 e. The number of hydrogen-bond donors (Lipinski definition) is 1. The van der Waals surface area contributed by atoms with Crippen molar-refractivity contribution in [3.63, 3.8) is 0 Å². The molecule has 3 aromatic rings. The molecule has 0 radical (unpaired) electrons. The van der Waals surface area contributed by atoms with Crippen LogP contribution in [0.1, 0.15) is 25.5 Å². The Balaban J connectivity index is 1.62. The molecule has 2 aliphatic heterocycles. The third-order valence-electron chi connectivity index (χ3n) is 5.90. The molecule has 0 aliphatic carbocycles. The molecule has 146 valence electrons. The van der Waals surface area contributed by atoms with Crippen LogP contribution in [0.3, 0.4) is 0 Å². The molecule has 0 amide bonds. The topological polar surface area (TPSA) is 44.8 Å². The van der Waals surface area contributed by atoms with Crippen LogP contribution in [-0.2, 0) is 0 Å². The number of rotatable bonds is 4. The number of nitrogens with zero attached hydrogens (tertiary/aromatic N) is 3. The highest BCUT2D eigenvalue weighted by Crippen LogP contribution is 2.39. The second kappa shape index (κ2) is 7.41. The number of benzene rings is 1. The zero-order valence-corrected chi connectivity index (χ0v) is 16.4. The molecule has 1 unspecified atom stereocenters. The Kier molecular flexibility index (Phi) is 4.60. The van der Waals surface area contributed by atoms with E-state index in [1.807, 2.05) is 12.1 Å². The van der Waals surface area contributed by atoms with E-state index in [2.05, 4.69) is 34.1 Å². The first kappa shape index (κ1) is 18.0. The molecule has 5 heteroatoms. The highest BCUT2D eigenvalue weighted by atomic mass is 19.1. The quantitative estimate of drug-likeness (QED) is 0.636. The van der Waals surface area contributed by atoms with Gasteiger partial charge in [-0.3, -0.25) is 15.0 Å². The van der Waals surface area contributed by atoms with Crippen LogP contribution < -0.4 is 0 Å². The summed E-state index contributed by atoms with van der Waals surface area (Å²) in [5, 5.41) is 7.94. The second-order valence-corrected chi connectivity index (χ2v) is 7.65. The number of H-pyrrole nitrogens is 1. The standard InChI is InChI=1S/C24H23FN4/c1-2-16-13-21-14-19(9-12-29(21)15-16)24-22(17-7-10-26-11-8-17)23(27-28-24)18-3-5-20(25)6-4-18/h3-8,10-11,13-14,21H,2,9,12,15H2,1H3,(H,27,28). The molecule has 2 aromatic heterocycles. The number of aromatic amines is 1.